The normalized spacial score (nSPS) is 34.3. The monoisotopic (exact) mass is 253 g/mol. The van der Waals surface area contributed by atoms with E-state index in [2.05, 4.69) is 48.7 Å². The molecule has 0 aromatic carbocycles. The first-order valence-corrected chi connectivity index (χ1v) is 7.34. The molecule has 1 aliphatic rings. The molecule has 0 aromatic rings. The Morgan fingerprint density at radius 3 is 2.28 bits per heavy atom. The Hall–Kier alpha value is -0.0151. The Labute approximate surface area is 114 Å². The predicted octanol–water partition coefficient (Wildman–Crippen LogP) is 3.65. The second-order valence-corrected chi connectivity index (χ2v) is 6.60. The molecule has 1 radical (unpaired) electrons. The fraction of sp³-hybridized carbons (Fsp3) is 1.00. The lowest BCUT2D eigenvalue weighted by Crippen LogP contribution is -2.45. The van der Waals surface area contributed by atoms with Crippen LogP contribution >= 0.6 is 0 Å². The van der Waals surface area contributed by atoms with Crippen LogP contribution in [-0.4, -0.2) is 32.7 Å². The molecule has 0 bridgehead atoms. The van der Waals surface area contributed by atoms with Crippen molar-refractivity contribution in [2.24, 2.45) is 17.8 Å². The van der Waals surface area contributed by atoms with Crippen LogP contribution in [0.15, 0.2) is 0 Å². The van der Waals surface area contributed by atoms with Crippen LogP contribution in [0.4, 0.5) is 0 Å². The van der Waals surface area contributed by atoms with Crippen LogP contribution in [0.1, 0.15) is 41.0 Å². The second-order valence-electron chi connectivity index (χ2n) is 6.60. The van der Waals surface area contributed by atoms with Gasteiger partial charge in [-0.15, -0.1) is 0 Å². The molecule has 1 heterocycles. The van der Waals surface area contributed by atoms with E-state index in [1.54, 1.807) is 0 Å². The van der Waals surface area contributed by atoms with Crippen LogP contribution in [0, 0.1) is 17.8 Å². The summed E-state index contributed by atoms with van der Waals surface area (Å²) < 4.78 is 12.1. The van der Waals surface area contributed by atoms with Crippen molar-refractivity contribution in [1.82, 2.24) is 0 Å². The lowest BCUT2D eigenvalue weighted by Gasteiger charge is -2.39. The molecule has 4 atom stereocenters. The van der Waals surface area contributed by atoms with Gasteiger partial charge in [-0.05, 0) is 24.1 Å². The maximum absolute atomic E-state index is 6.13. The lowest BCUT2D eigenvalue weighted by molar-refractivity contribution is -0.0664. The SMILES string of the molecule is C[B]C(C)C1OCC(CC(C)C)(OC)C1C(C)C. The second kappa shape index (κ2) is 6.43. The fourth-order valence-corrected chi connectivity index (χ4v) is 3.56. The smallest absolute Gasteiger partial charge is 0.113 e. The number of hydrogen-bond donors (Lipinski definition) is 0. The Morgan fingerprint density at radius 2 is 1.89 bits per heavy atom. The third kappa shape index (κ3) is 3.11. The van der Waals surface area contributed by atoms with Crippen LogP contribution < -0.4 is 0 Å². The van der Waals surface area contributed by atoms with Gasteiger partial charge >= 0.3 is 0 Å². The van der Waals surface area contributed by atoms with Gasteiger partial charge in [0.15, 0.2) is 0 Å². The highest BCUT2D eigenvalue weighted by Crippen LogP contribution is 2.46. The lowest BCUT2D eigenvalue weighted by atomic mass is 9.60. The van der Waals surface area contributed by atoms with E-state index >= 15 is 0 Å². The van der Waals surface area contributed by atoms with E-state index in [1.807, 2.05) is 7.11 Å². The summed E-state index contributed by atoms with van der Waals surface area (Å²) in [5.74, 6) is 2.19. The molecular weight excluding hydrogens is 223 g/mol. The Morgan fingerprint density at radius 1 is 1.28 bits per heavy atom. The van der Waals surface area contributed by atoms with Gasteiger partial charge in [0.1, 0.15) is 7.28 Å². The first-order valence-electron chi connectivity index (χ1n) is 7.34. The van der Waals surface area contributed by atoms with Gasteiger partial charge < -0.3 is 9.47 Å². The molecule has 0 saturated carbocycles. The average molecular weight is 253 g/mol. The van der Waals surface area contributed by atoms with Crippen molar-refractivity contribution in [3.8, 4) is 0 Å². The van der Waals surface area contributed by atoms with Crippen molar-refractivity contribution in [2.75, 3.05) is 13.7 Å². The molecule has 1 saturated heterocycles. The summed E-state index contributed by atoms with van der Waals surface area (Å²) in [4.78, 5) is 0. The standard InChI is InChI=1S/C15H30BO2/c1-10(2)8-15(17-7)9-18-14(12(5)16-6)13(15)11(3)4/h10-14H,8-9H2,1-7H3. The number of rotatable bonds is 6. The van der Waals surface area contributed by atoms with Crippen LogP contribution in [-0.2, 0) is 9.47 Å². The summed E-state index contributed by atoms with van der Waals surface area (Å²) >= 11 is 0. The van der Waals surface area contributed by atoms with Crippen molar-refractivity contribution < 1.29 is 9.47 Å². The van der Waals surface area contributed by atoms with Gasteiger partial charge in [-0.3, -0.25) is 0 Å². The van der Waals surface area contributed by atoms with E-state index in [0.29, 0.717) is 29.7 Å². The first kappa shape index (κ1) is 16.0. The molecule has 105 valence electrons. The summed E-state index contributed by atoms with van der Waals surface area (Å²) in [6, 6.07) is 0. The van der Waals surface area contributed by atoms with Gasteiger partial charge in [0.2, 0.25) is 0 Å². The van der Waals surface area contributed by atoms with E-state index in [-0.39, 0.29) is 5.60 Å². The molecule has 0 aliphatic carbocycles. The summed E-state index contributed by atoms with van der Waals surface area (Å²) in [5.41, 5.74) is -0.0930. The molecule has 0 spiro atoms. The van der Waals surface area contributed by atoms with Crippen molar-refractivity contribution in [1.29, 1.82) is 0 Å². The third-order valence-electron chi connectivity index (χ3n) is 4.40. The molecule has 18 heavy (non-hydrogen) atoms. The van der Waals surface area contributed by atoms with Crippen molar-refractivity contribution >= 4 is 7.28 Å². The molecule has 0 N–H and O–H groups in total. The Kier molecular flexibility index (Phi) is 5.73. The summed E-state index contributed by atoms with van der Waals surface area (Å²) in [5, 5.41) is 0. The van der Waals surface area contributed by atoms with Gasteiger partial charge in [-0.1, -0.05) is 41.4 Å². The minimum Gasteiger partial charge on any atom is -0.375 e. The highest BCUT2D eigenvalue weighted by atomic mass is 16.6. The molecular formula is C15H30BO2. The Balaban J connectivity index is 2.97. The average Bonchev–Trinajstić information content (AvgIpc) is 2.67. The molecule has 4 unspecified atom stereocenters. The minimum absolute atomic E-state index is 0.0930. The molecule has 1 rings (SSSR count). The molecule has 0 aromatic heterocycles. The van der Waals surface area contributed by atoms with Crippen molar-refractivity contribution in [3.05, 3.63) is 0 Å². The van der Waals surface area contributed by atoms with Gasteiger partial charge in [0, 0.05) is 13.0 Å². The fourth-order valence-electron chi connectivity index (χ4n) is 3.56. The maximum atomic E-state index is 6.13. The summed E-state index contributed by atoms with van der Waals surface area (Å²) in [6.45, 7) is 14.2. The molecule has 1 fully saturated rings. The van der Waals surface area contributed by atoms with Gasteiger partial charge in [0.25, 0.3) is 0 Å². The minimum atomic E-state index is -0.0930. The van der Waals surface area contributed by atoms with Gasteiger partial charge in [-0.25, -0.2) is 0 Å². The predicted molar refractivity (Wildman–Crippen MR) is 78.3 cm³/mol. The number of hydrogen-bond acceptors (Lipinski definition) is 2. The largest absolute Gasteiger partial charge is 0.375 e. The van der Waals surface area contributed by atoms with Crippen LogP contribution in [0.5, 0.6) is 0 Å². The maximum Gasteiger partial charge on any atom is 0.113 e. The van der Waals surface area contributed by atoms with Crippen molar-refractivity contribution in [2.45, 2.75) is 65.4 Å². The summed E-state index contributed by atoms with van der Waals surface area (Å²) in [7, 11) is 4.10. The van der Waals surface area contributed by atoms with E-state index in [9.17, 15) is 0 Å². The van der Waals surface area contributed by atoms with E-state index in [0.717, 1.165) is 13.0 Å². The van der Waals surface area contributed by atoms with E-state index in [1.165, 1.54) is 0 Å². The molecule has 2 nitrogen and oxygen atoms in total. The van der Waals surface area contributed by atoms with Gasteiger partial charge in [-0.2, -0.15) is 0 Å². The van der Waals surface area contributed by atoms with Crippen LogP contribution in [0.3, 0.4) is 0 Å². The summed E-state index contributed by atoms with van der Waals surface area (Å²) in [6.07, 6.45) is 1.38. The van der Waals surface area contributed by atoms with Gasteiger partial charge in [0.05, 0.1) is 18.3 Å². The molecule has 1 aliphatic heterocycles. The zero-order chi connectivity index (χ0) is 13.9. The van der Waals surface area contributed by atoms with E-state index in [4.69, 9.17) is 9.47 Å². The zero-order valence-corrected chi connectivity index (χ0v) is 13.2. The number of methoxy groups -OCH3 is 1. The quantitative estimate of drug-likeness (QED) is 0.673. The van der Waals surface area contributed by atoms with Crippen LogP contribution in [0.2, 0.25) is 12.6 Å². The number of ether oxygens (including phenoxy) is 2. The zero-order valence-electron chi connectivity index (χ0n) is 13.2. The Bertz CT molecular complexity index is 255. The highest BCUT2D eigenvalue weighted by Gasteiger charge is 2.52. The topological polar surface area (TPSA) is 18.5 Å². The molecule has 0 amide bonds. The highest BCUT2D eigenvalue weighted by molar-refractivity contribution is 6.35. The molecule has 3 heteroatoms. The third-order valence-corrected chi connectivity index (χ3v) is 4.40. The van der Waals surface area contributed by atoms with E-state index < -0.39 is 0 Å². The first-order chi connectivity index (χ1) is 8.38. The van der Waals surface area contributed by atoms with Crippen molar-refractivity contribution in [3.63, 3.8) is 0 Å². The van der Waals surface area contributed by atoms with Crippen LogP contribution in [0.25, 0.3) is 0 Å².